The van der Waals surface area contributed by atoms with Gasteiger partial charge in [0.1, 0.15) is 0 Å². The Morgan fingerprint density at radius 2 is 2.04 bits per heavy atom. The monoisotopic (exact) mass is 349 g/mol. The van der Waals surface area contributed by atoms with Crippen LogP contribution >= 0.6 is 0 Å². The lowest BCUT2D eigenvalue weighted by atomic mass is 9.82. The number of carbonyl (C=O) groups is 1. The molecule has 1 saturated carbocycles. The van der Waals surface area contributed by atoms with Gasteiger partial charge in [-0.1, -0.05) is 25.3 Å². The zero-order chi connectivity index (χ0) is 17.7. The van der Waals surface area contributed by atoms with E-state index in [-0.39, 0.29) is 0 Å². The Kier molecular flexibility index (Phi) is 3.62. The number of nitrogens with one attached hydrogen (secondary N) is 1. The van der Waals surface area contributed by atoms with Crippen LogP contribution in [0.4, 0.5) is 0 Å². The lowest BCUT2D eigenvalue weighted by Crippen LogP contribution is -2.07. The average Bonchev–Trinajstić information content (AvgIpc) is 3.20. The fourth-order valence-corrected chi connectivity index (χ4v) is 4.94. The summed E-state index contributed by atoms with van der Waals surface area (Å²) in [4.78, 5) is 19.5. The molecule has 0 unspecified atom stereocenters. The molecule has 0 saturated heterocycles. The van der Waals surface area contributed by atoms with E-state index in [0.717, 1.165) is 36.3 Å². The van der Waals surface area contributed by atoms with Crippen LogP contribution in [0, 0.1) is 0 Å². The van der Waals surface area contributed by atoms with Crippen LogP contribution in [-0.2, 0) is 13.0 Å². The standard InChI is InChI=1S/C21H23N3O2/c25-21(26)14-8-9-15-17(11-14)24-10-4-7-16-19(23-12-22-16)20(24)18(15)13-5-2-1-3-6-13/h8-9,11-13H,1-7,10H2,(H,22,23)(H,25,26). The zero-order valence-corrected chi connectivity index (χ0v) is 14.8. The van der Waals surface area contributed by atoms with Crippen molar-refractivity contribution in [1.82, 2.24) is 14.5 Å². The van der Waals surface area contributed by atoms with E-state index >= 15 is 0 Å². The van der Waals surface area contributed by atoms with E-state index in [4.69, 9.17) is 0 Å². The molecule has 134 valence electrons. The molecule has 1 fully saturated rings. The summed E-state index contributed by atoms with van der Waals surface area (Å²) in [5.41, 5.74) is 6.35. The topological polar surface area (TPSA) is 70.9 Å². The maximum Gasteiger partial charge on any atom is 0.335 e. The minimum Gasteiger partial charge on any atom is -0.478 e. The quantitative estimate of drug-likeness (QED) is 0.703. The van der Waals surface area contributed by atoms with Crippen molar-refractivity contribution in [1.29, 1.82) is 0 Å². The molecule has 3 aromatic rings. The van der Waals surface area contributed by atoms with Crippen LogP contribution in [0.15, 0.2) is 24.5 Å². The number of H-pyrrole nitrogens is 1. The summed E-state index contributed by atoms with van der Waals surface area (Å²) in [5, 5.41) is 10.7. The number of carboxylic acid groups (broad SMARTS) is 1. The van der Waals surface area contributed by atoms with Crippen molar-refractivity contribution in [2.45, 2.75) is 57.4 Å². The Balaban J connectivity index is 1.83. The van der Waals surface area contributed by atoms with Crippen molar-refractivity contribution in [2.75, 3.05) is 0 Å². The van der Waals surface area contributed by atoms with Gasteiger partial charge >= 0.3 is 5.97 Å². The van der Waals surface area contributed by atoms with Crippen molar-refractivity contribution < 1.29 is 9.90 Å². The highest BCUT2D eigenvalue weighted by atomic mass is 16.4. The van der Waals surface area contributed by atoms with Crippen LogP contribution in [0.5, 0.6) is 0 Å². The van der Waals surface area contributed by atoms with E-state index in [1.165, 1.54) is 48.7 Å². The smallest absolute Gasteiger partial charge is 0.335 e. The van der Waals surface area contributed by atoms with E-state index in [1.54, 1.807) is 12.4 Å². The van der Waals surface area contributed by atoms with E-state index < -0.39 is 5.97 Å². The number of carboxylic acids is 1. The first-order valence-electron chi connectivity index (χ1n) is 9.66. The van der Waals surface area contributed by atoms with Gasteiger partial charge in [-0.15, -0.1) is 0 Å². The van der Waals surface area contributed by atoms with Crippen LogP contribution in [0.2, 0.25) is 0 Å². The molecule has 2 N–H and O–H groups in total. The number of rotatable bonds is 2. The third-order valence-corrected chi connectivity index (χ3v) is 6.11. The number of aryl methyl sites for hydroxylation is 2. The fraction of sp³-hybridized carbons (Fsp3) is 0.429. The largest absolute Gasteiger partial charge is 0.478 e. The van der Waals surface area contributed by atoms with Gasteiger partial charge in [-0.3, -0.25) is 0 Å². The van der Waals surface area contributed by atoms with Crippen molar-refractivity contribution >= 4 is 16.9 Å². The van der Waals surface area contributed by atoms with Crippen LogP contribution in [0.3, 0.4) is 0 Å². The Morgan fingerprint density at radius 3 is 2.85 bits per heavy atom. The number of imidazole rings is 1. The van der Waals surface area contributed by atoms with Gasteiger partial charge in [-0.05, 0) is 49.3 Å². The predicted molar refractivity (Wildman–Crippen MR) is 101 cm³/mol. The minimum atomic E-state index is -0.863. The number of nitrogens with zero attached hydrogens (tertiary/aromatic N) is 2. The molecule has 2 aromatic heterocycles. The second-order valence-corrected chi connectivity index (χ2v) is 7.61. The highest BCUT2D eigenvalue weighted by molar-refractivity contribution is 5.98. The van der Waals surface area contributed by atoms with Crippen LogP contribution in [0.25, 0.3) is 22.3 Å². The maximum atomic E-state index is 11.5. The normalized spacial score (nSPS) is 17.7. The molecule has 0 spiro atoms. The summed E-state index contributed by atoms with van der Waals surface area (Å²) in [6.07, 6.45) is 10.1. The number of aromatic amines is 1. The SMILES string of the molecule is O=C(O)c1ccc2c(C3CCCCC3)c3n(c2c1)CCCc1nc[nH]c1-3. The fourth-order valence-electron chi connectivity index (χ4n) is 4.94. The summed E-state index contributed by atoms with van der Waals surface area (Å²) in [5.74, 6) is -0.315. The molecule has 0 radical (unpaired) electrons. The second kappa shape index (κ2) is 6.01. The molecule has 0 atom stereocenters. The first-order valence-corrected chi connectivity index (χ1v) is 9.66. The molecule has 2 aliphatic rings. The molecular formula is C21H23N3O2. The summed E-state index contributed by atoms with van der Waals surface area (Å²) >= 11 is 0. The van der Waals surface area contributed by atoms with Crippen LogP contribution in [-0.4, -0.2) is 25.6 Å². The van der Waals surface area contributed by atoms with Gasteiger partial charge in [-0.25, -0.2) is 9.78 Å². The van der Waals surface area contributed by atoms with E-state index in [9.17, 15) is 9.90 Å². The van der Waals surface area contributed by atoms with Crippen molar-refractivity contribution in [2.24, 2.45) is 0 Å². The zero-order valence-electron chi connectivity index (χ0n) is 14.8. The Bertz CT molecular complexity index is 992. The summed E-state index contributed by atoms with van der Waals surface area (Å²) in [6, 6.07) is 5.64. The molecule has 1 aliphatic heterocycles. The highest BCUT2D eigenvalue weighted by Gasteiger charge is 2.29. The summed E-state index contributed by atoms with van der Waals surface area (Å²) in [6.45, 7) is 0.909. The van der Waals surface area contributed by atoms with Crippen LogP contribution < -0.4 is 0 Å². The number of hydrogen-bond acceptors (Lipinski definition) is 2. The lowest BCUT2D eigenvalue weighted by Gasteiger charge is -2.23. The molecular weight excluding hydrogens is 326 g/mol. The molecule has 5 rings (SSSR count). The molecule has 5 heteroatoms. The van der Waals surface area contributed by atoms with Gasteiger partial charge in [0.25, 0.3) is 0 Å². The molecule has 5 nitrogen and oxygen atoms in total. The number of benzene rings is 1. The third kappa shape index (κ3) is 2.30. The van der Waals surface area contributed by atoms with Crippen molar-refractivity contribution in [3.8, 4) is 11.4 Å². The molecule has 1 aromatic carbocycles. The van der Waals surface area contributed by atoms with Gasteiger partial charge in [0, 0.05) is 17.4 Å². The van der Waals surface area contributed by atoms with Crippen LogP contribution in [0.1, 0.15) is 66.1 Å². The van der Waals surface area contributed by atoms with Crippen molar-refractivity contribution in [3.05, 3.63) is 41.3 Å². The number of aromatic carboxylic acids is 1. The predicted octanol–water partition coefficient (Wildman–Crippen LogP) is 4.72. The molecule has 3 heterocycles. The van der Waals surface area contributed by atoms with E-state index in [2.05, 4.69) is 14.5 Å². The van der Waals surface area contributed by atoms with Gasteiger partial charge in [-0.2, -0.15) is 0 Å². The highest BCUT2D eigenvalue weighted by Crippen LogP contribution is 2.45. The lowest BCUT2D eigenvalue weighted by molar-refractivity contribution is 0.0697. The summed E-state index contributed by atoms with van der Waals surface area (Å²) in [7, 11) is 0. The summed E-state index contributed by atoms with van der Waals surface area (Å²) < 4.78 is 2.34. The Morgan fingerprint density at radius 1 is 1.19 bits per heavy atom. The van der Waals surface area contributed by atoms with Gasteiger partial charge in [0.2, 0.25) is 0 Å². The number of fused-ring (bicyclic) bond motifs is 5. The number of aromatic nitrogens is 3. The number of hydrogen-bond donors (Lipinski definition) is 2. The molecule has 0 bridgehead atoms. The third-order valence-electron chi connectivity index (χ3n) is 6.11. The molecule has 0 amide bonds. The Hall–Kier alpha value is -2.56. The van der Waals surface area contributed by atoms with Crippen molar-refractivity contribution in [3.63, 3.8) is 0 Å². The van der Waals surface area contributed by atoms with E-state index in [0.29, 0.717) is 11.5 Å². The van der Waals surface area contributed by atoms with Gasteiger partial charge in [0.05, 0.1) is 29.0 Å². The van der Waals surface area contributed by atoms with E-state index in [1.807, 2.05) is 12.1 Å². The molecule has 1 aliphatic carbocycles. The molecule has 26 heavy (non-hydrogen) atoms. The van der Waals surface area contributed by atoms with Gasteiger partial charge in [0.15, 0.2) is 0 Å². The Labute approximate surface area is 152 Å². The average molecular weight is 349 g/mol. The first-order chi connectivity index (χ1) is 12.7. The second-order valence-electron chi connectivity index (χ2n) is 7.61. The maximum absolute atomic E-state index is 11.5. The first kappa shape index (κ1) is 15.7. The minimum absolute atomic E-state index is 0.363. The van der Waals surface area contributed by atoms with Gasteiger partial charge < -0.3 is 14.7 Å².